The van der Waals surface area contributed by atoms with E-state index in [4.69, 9.17) is 16.2 Å². The van der Waals surface area contributed by atoms with Crippen molar-refractivity contribution in [2.45, 2.75) is 38.3 Å². The summed E-state index contributed by atoms with van der Waals surface area (Å²) in [5, 5.41) is 0. The second-order valence-electron chi connectivity index (χ2n) is 5.60. The van der Waals surface area contributed by atoms with Gasteiger partial charge in [-0.3, -0.25) is 4.90 Å². The maximum Gasteiger partial charge on any atom is 0.411 e. The van der Waals surface area contributed by atoms with Crippen LogP contribution in [0.3, 0.4) is 0 Å². The quantitative estimate of drug-likeness (QED) is 0.814. The summed E-state index contributed by atoms with van der Waals surface area (Å²) in [4.78, 5) is 13.8. The first kappa shape index (κ1) is 15.8. The zero-order valence-electron chi connectivity index (χ0n) is 12.4. The van der Waals surface area contributed by atoms with Crippen LogP contribution in [-0.2, 0) is 11.3 Å². The molecule has 1 aromatic rings. The van der Waals surface area contributed by atoms with Gasteiger partial charge in [-0.05, 0) is 43.7 Å². The third-order valence-electron chi connectivity index (χ3n) is 4.23. The maximum absolute atomic E-state index is 12.2. The lowest BCUT2D eigenvalue weighted by atomic mass is 9.85. The summed E-state index contributed by atoms with van der Waals surface area (Å²) in [6.07, 6.45) is 3.71. The number of nitrogens with zero attached hydrogens (tertiary/aromatic N) is 1. The Morgan fingerprint density at radius 3 is 2.38 bits per heavy atom. The zero-order valence-corrected chi connectivity index (χ0v) is 12.4. The van der Waals surface area contributed by atoms with Gasteiger partial charge in [0.25, 0.3) is 0 Å². The van der Waals surface area contributed by atoms with Gasteiger partial charge < -0.3 is 16.2 Å². The second-order valence-corrected chi connectivity index (χ2v) is 5.60. The van der Waals surface area contributed by atoms with Crippen molar-refractivity contribution in [1.29, 1.82) is 0 Å². The molecule has 5 nitrogen and oxygen atoms in total. The summed E-state index contributed by atoms with van der Waals surface area (Å²) in [7, 11) is 0. The van der Waals surface area contributed by atoms with Crippen LogP contribution in [0, 0.1) is 5.92 Å². The van der Waals surface area contributed by atoms with E-state index in [2.05, 4.69) is 0 Å². The fourth-order valence-corrected chi connectivity index (χ4v) is 2.87. The minimum absolute atomic E-state index is 0.182. The number of carbonyl (C=O) groups excluding carboxylic acids is 1. The molecule has 0 bridgehead atoms. The standard InChI is InChI=1S/C16H25N3O2/c17-10-13-6-8-15(9-7-13)19(12-18)16(20)21-11-14-4-2-1-3-5-14/h1-5,13,15H,6-12,17-18H2. The van der Waals surface area contributed by atoms with E-state index < -0.39 is 0 Å². The fraction of sp³-hybridized carbons (Fsp3) is 0.562. The Labute approximate surface area is 126 Å². The Bertz CT molecular complexity index is 430. The van der Waals surface area contributed by atoms with Gasteiger partial charge in [-0.1, -0.05) is 30.3 Å². The van der Waals surface area contributed by atoms with Crippen molar-refractivity contribution in [1.82, 2.24) is 4.90 Å². The molecule has 1 aliphatic rings. The van der Waals surface area contributed by atoms with Crippen LogP contribution in [0.25, 0.3) is 0 Å². The molecule has 1 aromatic carbocycles. The van der Waals surface area contributed by atoms with Gasteiger partial charge in [0.15, 0.2) is 0 Å². The van der Waals surface area contributed by atoms with Gasteiger partial charge in [-0.2, -0.15) is 0 Å². The van der Waals surface area contributed by atoms with Crippen molar-refractivity contribution in [2.75, 3.05) is 13.2 Å². The lowest BCUT2D eigenvalue weighted by Gasteiger charge is -2.35. The Kier molecular flexibility index (Phi) is 6.02. The molecule has 4 N–H and O–H groups in total. The highest BCUT2D eigenvalue weighted by Gasteiger charge is 2.28. The molecule has 5 heteroatoms. The van der Waals surface area contributed by atoms with Gasteiger partial charge in [-0.25, -0.2) is 4.79 Å². The molecule has 0 radical (unpaired) electrons. The third kappa shape index (κ3) is 4.44. The van der Waals surface area contributed by atoms with Gasteiger partial charge in [0, 0.05) is 6.04 Å². The number of nitrogens with two attached hydrogens (primary N) is 2. The normalized spacial score (nSPS) is 21.8. The molecule has 1 aliphatic carbocycles. The van der Waals surface area contributed by atoms with E-state index in [1.165, 1.54) is 0 Å². The molecule has 2 rings (SSSR count). The van der Waals surface area contributed by atoms with Crippen molar-refractivity contribution in [2.24, 2.45) is 17.4 Å². The Morgan fingerprint density at radius 1 is 1.14 bits per heavy atom. The molecule has 1 saturated carbocycles. The van der Waals surface area contributed by atoms with Crippen LogP contribution in [0.4, 0.5) is 4.79 Å². The Morgan fingerprint density at radius 2 is 1.81 bits per heavy atom. The average Bonchev–Trinajstić information content (AvgIpc) is 2.55. The molecule has 0 saturated heterocycles. The summed E-state index contributed by atoms with van der Waals surface area (Å²) in [6.45, 7) is 1.22. The summed E-state index contributed by atoms with van der Waals surface area (Å²) < 4.78 is 5.37. The highest BCUT2D eigenvalue weighted by molar-refractivity contribution is 5.68. The molecule has 1 fully saturated rings. The molecule has 0 aromatic heterocycles. The van der Waals surface area contributed by atoms with Crippen LogP contribution in [0.5, 0.6) is 0 Å². The zero-order chi connectivity index (χ0) is 15.1. The monoisotopic (exact) mass is 291 g/mol. The third-order valence-corrected chi connectivity index (χ3v) is 4.23. The summed E-state index contributed by atoms with van der Waals surface area (Å²) in [5.41, 5.74) is 12.4. The number of ether oxygens (including phenoxy) is 1. The first-order chi connectivity index (χ1) is 10.2. The predicted octanol–water partition coefficient (Wildman–Crippen LogP) is 2.06. The number of benzene rings is 1. The SMILES string of the molecule is NCC1CCC(N(CN)C(=O)OCc2ccccc2)CC1. The topological polar surface area (TPSA) is 81.6 Å². The largest absolute Gasteiger partial charge is 0.445 e. The molecule has 21 heavy (non-hydrogen) atoms. The minimum atomic E-state index is -0.322. The highest BCUT2D eigenvalue weighted by Crippen LogP contribution is 2.27. The van der Waals surface area contributed by atoms with E-state index >= 15 is 0 Å². The van der Waals surface area contributed by atoms with E-state index in [-0.39, 0.29) is 25.4 Å². The van der Waals surface area contributed by atoms with Crippen LogP contribution in [0.2, 0.25) is 0 Å². The summed E-state index contributed by atoms with van der Waals surface area (Å²) in [6, 6.07) is 9.85. The van der Waals surface area contributed by atoms with Crippen LogP contribution in [0.15, 0.2) is 30.3 Å². The van der Waals surface area contributed by atoms with E-state index in [0.29, 0.717) is 5.92 Å². The Hall–Kier alpha value is -1.59. The van der Waals surface area contributed by atoms with Crippen molar-refractivity contribution in [3.8, 4) is 0 Å². The van der Waals surface area contributed by atoms with Crippen LogP contribution in [0.1, 0.15) is 31.2 Å². The predicted molar refractivity (Wildman–Crippen MR) is 82.3 cm³/mol. The highest BCUT2D eigenvalue weighted by atomic mass is 16.6. The molecule has 0 spiro atoms. The van der Waals surface area contributed by atoms with Crippen LogP contribution in [-0.4, -0.2) is 30.2 Å². The lowest BCUT2D eigenvalue weighted by Crippen LogP contribution is -2.46. The van der Waals surface area contributed by atoms with Crippen molar-refractivity contribution in [3.05, 3.63) is 35.9 Å². The maximum atomic E-state index is 12.2. The van der Waals surface area contributed by atoms with Crippen LogP contribution < -0.4 is 11.5 Å². The van der Waals surface area contributed by atoms with E-state index in [1.807, 2.05) is 30.3 Å². The van der Waals surface area contributed by atoms with Crippen molar-refractivity contribution < 1.29 is 9.53 Å². The lowest BCUT2D eigenvalue weighted by molar-refractivity contribution is 0.0689. The molecule has 116 valence electrons. The van der Waals surface area contributed by atoms with E-state index in [9.17, 15) is 4.79 Å². The van der Waals surface area contributed by atoms with Gasteiger partial charge in [0.2, 0.25) is 0 Å². The summed E-state index contributed by atoms with van der Waals surface area (Å²) in [5.74, 6) is 0.584. The van der Waals surface area contributed by atoms with Crippen LogP contribution >= 0.6 is 0 Å². The molecule has 0 aliphatic heterocycles. The van der Waals surface area contributed by atoms with E-state index in [1.54, 1.807) is 4.90 Å². The van der Waals surface area contributed by atoms with E-state index in [0.717, 1.165) is 37.8 Å². The first-order valence-electron chi connectivity index (χ1n) is 7.62. The van der Waals surface area contributed by atoms with Gasteiger partial charge in [-0.15, -0.1) is 0 Å². The van der Waals surface area contributed by atoms with Gasteiger partial charge in [0.05, 0.1) is 6.67 Å². The van der Waals surface area contributed by atoms with Gasteiger partial charge in [0.1, 0.15) is 6.61 Å². The molecule has 0 atom stereocenters. The number of rotatable bonds is 5. The minimum Gasteiger partial charge on any atom is -0.445 e. The fourth-order valence-electron chi connectivity index (χ4n) is 2.87. The smallest absolute Gasteiger partial charge is 0.411 e. The van der Waals surface area contributed by atoms with Crippen molar-refractivity contribution in [3.63, 3.8) is 0 Å². The molecular formula is C16H25N3O2. The number of hydrogen-bond acceptors (Lipinski definition) is 4. The average molecular weight is 291 g/mol. The molecule has 0 heterocycles. The first-order valence-corrected chi connectivity index (χ1v) is 7.62. The molecule has 0 unspecified atom stereocenters. The Balaban J connectivity index is 1.84. The van der Waals surface area contributed by atoms with Crippen molar-refractivity contribution >= 4 is 6.09 Å². The number of hydrogen-bond donors (Lipinski definition) is 2. The van der Waals surface area contributed by atoms with Gasteiger partial charge >= 0.3 is 6.09 Å². The number of amides is 1. The number of carbonyl (C=O) groups is 1. The second kappa shape index (κ2) is 8.00. The molecular weight excluding hydrogens is 266 g/mol. The summed E-state index contributed by atoms with van der Waals surface area (Å²) >= 11 is 0. The molecule has 1 amide bonds.